The van der Waals surface area contributed by atoms with Crippen LogP contribution in [0, 0.1) is 5.82 Å². The number of halogens is 1. The van der Waals surface area contributed by atoms with Crippen LogP contribution in [-0.4, -0.2) is 50.9 Å². The summed E-state index contributed by atoms with van der Waals surface area (Å²) in [6.45, 7) is 2.04. The number of nitrogens with zero attached hydrogens (tertiary/aromatic N) is 2. The van der Waals surface area contributed by atoms with E-state index in [9.17, 15) is 17.6 Å². The molecule has 7 nitrogen and oxygen atoms in total. The maximum atomic E-state index is 13.4. The van der Waals surface area contributed by atoms with E-state index >= 15 is 0 Å². The topological polar surface area (TPSA) is 80.1 Å². The van der Waals surface area contributed by atoms with Crippen LogP contribution in [0.4, 0.5) is 4.39 Å². The zero-order valence-electron chi connectivity index (χ0n) is 16.4. The zero-order valence-corrected chi connectivity index (χ0v) is 17.2. The fourth-order valence-electron chi connectivity index (χ4n) is 3.61. The van der Waals surface area contributed by atoms with Gasteiger partial charge in [0.1, 0.15) is 17.1 Å². The molecule has 158 valence electrons. The standard InChI is InChI=1S/C21H21FN2O5S/c1-28-17-5-6-19-15(11-21(25)29-20(19)13-17)14-23-7-9-24(10-8-23)30(26,27)18-4-2-3-16(22)12-18/h2-6,11-13H,7-10,14H2,1H3. The normalized spacial score (nSPS) is 16.1. The first-order valence-corrected chi connectivity index (χ1v) is 10.9. The molecule has 1 aliphatic rings. The number of fused-ring (bicyclic) bond motifs is 1. The lowest BCUT2D eigenvalue weighted by Crippen LogP contribution is -2.48. The lowest BCUT2D eigenvalue weighted by Gasteiger charge is -2.34. The molecule has 0 saturated carbocycles. The molecule has 9 heteroatoms. The Kier molecular flexibility index (Phi) is 5.59. The SMILES string of the molecule is COc1ccc2c(CN3CCN(S(=O)(=O)c4cccc(F)c4)CC3)cc(=O)oc2c1. The highest BCUT2D eigenvalue weighted by atomic mass is 32.2. The summed E-state index contributed by atoms with van der Waals surface area (Å²) in [4.78, 5) is 14.0. The molecule has 0 aliphatic carbocycles. The molecule has 0 spiro atoms. The van der Waals surface area contributed by atoms with E-state index in [1.165, 1.54) is 28.6 Å². The van der Waals surface area contributed by atoms with E-state index < -0.39 is 21.5 Å². The molecule has 0 bridgehead atoms. The molecule has 2 aromatic carbocycles. The van der Waals surface area contributed by atoms with E-state index in [2.05, 4.69) is 4.90 Å². The van der Waals surface area contributed by atoms with Gasteiger partial charge in [0.15, 0.2) is 0 Å². The molecule has 2 heterocycles. The number of hydrogen-bond donors (Lipinski definition) is 0. The van der Waals surface area contributed by atoms with Crippen LogP contribution in [0.2, 0.25) is 0 Å². The van der Waals surface area contributed by atoms with Crippen molar-refractivity contribution in [3.8, 4) is 5.75 Å². The van der Waals surface area contributed by atoms with Gasteiger partial charge in [-0.1, -0.05) is 6.07 Å². The van der Waals surface area contributed by atoms with Gasteiger partial charge in [0.05, 0.1) is 12.0 Å². The second-order valence-corrected chi connectivity index (χ2v) is 9.03. The van der Waals surface area contributed by atoms with Gasteiger partial charge in [0.25, 0.3) is 0 Å². The van der Waals surface area contributed by atoms with E-state index in [-0.39, 0.29) is 18.0 Å². The summed E-state index contributed by atoms with van der Waals surface area (Å²) >= 11 is 0. The maximum absolute atomic E-state index is 13.4. The van der Waals surface area contributed by atoms with Crippen molar-refractivity contribution in [2.24, 2.45) is 0 Å². The molecule has 30 heavy (non-hydrogen) atoms. The van der Waals surface area contributed by atoms with Crippen LogP contribution < -0.4 is 10.4 Å². The predicted octanol–water partition coefficient (Wildman–Crippen LogP) is 2.45. The molecule has 1 aliphatic heterocycles. The average Bonchev–Trinajstić information content (AvgIpc) is 2.73. The van der Waals surface area contributed by atoms with Gasteiger partial charge >= 0.3 is 5.63 Å². The summed E-state index contributed by atoms with van der Waals surface area (Å²) in [5, 5.41) is 0.810. The quantitative estimate of drug-likeness (QED) is 0.576. The van der Waals surface area contributed by atoms with Crippen molar-refractivity contribution in [1.82, 2.24) is 9.21 Å². The number of rotatable bonds is 5. The largest absolute Gasteiger partial charge is 0.497 e. The van der Waals surface area contributed by atoms with Gasteiger partial charge in [0, 0.05) is 50.2 Å². The molecule has 0 amide bonds. The summed E-state index contributed by atoms with van der Waals surface area (Å²) < 4.78 is 50.8. The molecule has 1 fully saturated rings. The zero-order chi connectivity index (χ0) is 21.3. The third-order valence-corrected chi connectivity index (χ3v) is 7.09. The van der Waals surface area contributed by atoms with Gasteiger partial charge < -0.3 is 9.15 Å². The van der Waals surface area contributed by atoms with Gasteiger partial charge in [-0.05, 0) is 35.9 Å². The van der Waals surface area contributed by atoms with E-state index in [0.29, 0.717) is 31.0 Å². The van der Waals surface area contributed by atoms with Crippen molar-refractivity contribution in [2.45, 2.75) is 11.4 Å². The predicted molar refractivity (Wildman–Crippen MR) is 109 cm³/mol. The first kappa shape index (κ1) is 20.5. The number of methoxy groups -OCH3 is 1. The minimum atomic E-state index is -3.74. The van der Waals surface area contributed by atoms with Crippen molar-refractivity contribution < 1.29 is 22.0 Å². The highest BCUT2D eigenvalue weighted by Crippen LogP contribution is 2.24. The van der Waals surface area contributed by atoms with Crippen molar-refractivity contribution in [3.05, 3.63) is 70.3 Å². The number of piperazine rings is 1. The van der Waals surface area contributed by atoms with E-state index in [1.54, 1.807) is 19.2 Å². The second kappa shape index (κ2) is 8.17. The Morgan fingerprint density at radius 3 is 2.53 bits per heavy atom. The smallest absolute Gasteiger partial charge is 0.336 e. The monoisotopic (exact) mass is 432 g/mol. The number of hydrogen-bond acceptors (Lipinski definition) is 6. The molecular weight excluding hydrogens is 411 g/mol. The Morgan fingerprint density at radius 2 is 1.83 bits per heavy atom. The summed E-state index contributed by atoms with van der Waals surface area (Å²) in [5.41, 5.74) is 0.813. The molecule has 4 rings (SSSR count). The second-order valence-electron chi connectivity index (χ2n) is 7.09. The Labute approximate surface area is 173 Å². The van der Waals surface area contributed by atoms with Crippen LogP contribution in [0.1, 0.15) is 5.56 Å². The van der Waals surface area contributed by atoms with Gasteiger partial charge in [-0.2, -0.15) is 4.31 Å². The van der Waals surface area contributed by atoms with Gasteiger partial charge in [-0.25, -0.2) is 17.6 Å². The van der Waals surface area contributed by atoms with Crippen LogP contribution in [0.25, 0.3) is 11.0 Å². The van der Waals surface area contributed by atoms with Gasteiger partial charge in [-0.3, -0.25) is 4.90 Å². The van der Waals surface area contributed by atoms with Crippen LogP contribution in [0.3, 0.4) is 0 Å². The van der Waals surface area contributed by atoms with Crippen molar-refractivity contribution in [3.63, 3.8) is 0 Å². The van der Waals surface area contributed by atoms with Crippen LogP contribution in [0.15, 0.2) is 62.6 Å². The minimum absolute atomic E-state index is 0.0449. The van der Waals surface area contributed by atoms with E-state index in [1.807, 2.05) is 6.07 Å². The van der Waals surface area contributed by atoms with Crippen LogP contribution in [-0.2, 0) is 16.6 Å². The lowest BCUT2D eigenvalue weighted by molar-refractivity contribution is 0.182. The first-order valence-electron chi connectivity index (χ1n) is 9.46. The number of benzene rings is 2. The Balaban J connectivity index is 1.50. The number of sulfonamides is 1. The summed E-state index contributed by atoms with van der Waals surface area (Å²) in [6.07, 6.45) is 0. The molecule has 1 saturated heterocycles. The van der Waals surface area contributed by atoms with Crippen molar-refractivity contribution in [2.75, 3.05) is 33.3 Å². The first-order chi connectivity index (χ1) is 14.4. The van der Waals surface area contributed by atoms with Crippen molar-refractivity contribution in [1.29, 1.82) is 0 Å². The minimum Gasteiger partial charge on any atom is -0.497 e. The molecule has 0 atom stereocenters. The molecule has 3 aromatic rings. The highest BCUT2D eigenvalue weighted by Gasteiger charge is 2.29. The Hall–Kier alpha value is -2.75. The summed E-state index contributed by atoms with van der Waals surface area (Å²) in [7, 11) is -2.20. The fourth-order valence-corrected chi connectivity index (χ4v) is 5.07. The van der Waals surface area contributed by atoms with Gasteiger partial charge in [-0.15, -0.1) is 0 Å². The molecule has 0 unspecified atom stereocenters. The number of ether oxygens (including phenoxy) is 1. The van der Waals surface area contributed by atoms with Crippen LogP contribution >= 0.6 is 0 Å². The van der Waals surface area contributed by atoms with E-state index in [4.69, 9.17) is 9.15 Å². The fraction of sp³-hybridized carbons (Fsp3) is 0.286. The molecule has 0 radical (unpaired) electrons. The Morgan fingerprint density at radius 1 is 1.07 bits per heavy atom. The van der Waals surface area contributed by atoms with E-state index in [0.717, 1.165) is 17.0 Å². The van der Waals surface area contributed by atoms with Gasteiger partial charge in [0.2, 0.25) is 10.0 Å². The average molecular weight is 432 g/mol. The molecular formula is C21H21FN2O5S. The third kappa shape index (κ3) is 4.09. The van der Waals surface area contributed by atoms with Crippen molar-refractivity contribution >= 4 is 21.0 Å². The molecule has 0 N–H and O–H groups in total. The highest BCUT2D eigenvalue weighted by molar-refractivity contribution is 7.89. The lowest BCUT2D eigenvalue weighted by atomic mass is 10.1. The molecule has 1 aromatic heterocycles. The summed E-state index contributed by atoms with van der Waals surface area (Å²) in [6, 6.07) is 11.8. The summed E-state index contributed by atoms with van der Waals surface area (Å²) in [5.74, 6) is 0.0140. The maximum Gasteiger partial charge on any atom is 0.336 e. The van der Waals surface area contributed by atoms with Crippen LogP contribution in [0.5, 0.6) is 5.75 Å². The third-order valence-electron chi connectivity index (χ3n) is 5.20. The Bertz CT molecular complexity index is 1230.